The Bertz CT molecular complexity index is 500. The molecule has 3 rings (SSSR count). The van der Waals surface area contributed by atoms with Gasteiger partial charge in [0.1, 0.15) is 6.10 Å². The lowest BCUT2D eigenvalue weighted by Gasteiger charge is -2.27. The van der Waals surface area contributed by atoms with Gasteiger partial charge in [-0.05, 0) is 44.0 Å². The molecule has 2 fully saturated rings. The highest BCUT2D eigenvalue weighted by molar-refractivity contribution is 6.30. The molecule has 114 valence electrons. The summed E-state index contributed by atoms with van der Waals surface area (Å²) in [5.74, 6) is 0.0340. The molecule has 1 aromatic rings. The highest BCUT2D eigenvalue weighted by Gasteiger charge is 2.35. The van der Waals surface area contributed by atoms with E-state index in [1.165, 1.54) is 5.56 Å². The van der Waals surface area contributed by atoms with Gasteiger partial charge >= 0.3 is 0 Å². The summed E-state index contributed by atoms with van der Waals surface area (Å²) in [4.78, 5) is 14.5. The summed E-state index contributed by atoms with van der Waals surface area (Å²) < 4.78 is 5.47. The van der Waals surface area contributed by atoms with Gasteiger partial charge in [0.25, 0.3) is 0 Å². The lowest BCUT2D eigenvalue weighted by atomic mass is 10.00. The molecule has 2 saturated heterocycles. The van der Waals surface area contributed by atoms with Crippen molar-refractivity contribution < 1.29 is 9.53 Å². The fourth-order valence-corrected chi connectivity index (χ4v) is 3.43. The average Bonchev–Trinajstić information content (AvgIpc) is 3.11. The smallest absolute Gasteiger partial charge is 0.249 e. The van der Waals surface area contributed by atoms with Crippen LogP contribution >= 0.6 is 11.6 Å². The third kappa shape index (κ3) is 3.23. The van der Waals surface area contributed by atoms with Crippen molar-refractivity contribution in [2.24, 2.45) is 0 Å². The molecular formula is C16H21ClN2O2. The van der Waals surface area contributed by atoms with E-state index < -0.39 is 0 Å². The van der Waals surface area contributed by atoms with Crippen LogP contribution in [0, 0.1) is 0 Å². The number of amides is 1. The second-order valence-electron chi connectivity index (χ2n) is 5.88. The van der Waals surface area contributed by atoms with Crippen LogP contribution in [0.25, 0.3) is 0 Å². The molecule has 21 heavy (non-hydrogen) atoms. The minimum Gasteiger partial charge on any atom is -0.368 e. The van der Waals surface area contributed by atoms with Crippen LogP contribution in [0.15, 0.2) is 24.3 Å². The normalized spacial score (nSPS) is 29.7. The summed E-state index contributed by atoms with van der Waals surface area (Å²) in [6, 6.07) is 8.23. The Balaban J connectivity index is 1.71. The van der Waals surface area contributed by atoms with Crippen molar-refractivity contribution in [1.29, 1.82) is 0 Å². The largest absolute Gasteiger partial charge is 0.368 e. The Morgan fingerprint density at radius 2 is 2.10 bits per heavy atom. The van der Waals surface area contributed by atoms with Gasteiger partial charge in [-0.3, -0.25) is 9.69 Å². The molecule has 1 N–H and O–H groups in total. The first-order valence-electron chi connectivity index (χ1n) is 7.53. The third-order valence-electron chi connectivity index (χ3n) is 4.41. The van der Waals surface area contributed by atoms with Crippen LogP contribution in [0.4, 0.5) is 0 Å². The lowest BCUT2D eigenvalue weighted by molar-refractivity contribution is -0.130. The maximum Gasteiger partial charge on any atom is 0.249 e. The number of nitrogens with zero attached hydrogens (tertiary/aromatic N) is 1. The number of ether oxygens (including phenoxy) is 1. The molecule has 0 bridgehead atoms. The number of likely N-dealkylation sites (tertiary alicyclic amines) is 1. The second kappa shape index (κ2) is 6.34. The van der Waals surface area contributed by atoms with Crippen LogP contribution in [0.5, 0.6) is 0 Å². The number of carbonyl (C=O) groups is 1. The quantitative estimate of drug-likeness (QED) is 0.932. The summed E-state index contributed by atoms with van der Waals surface area (Å²) in [7, 11) is 2.09. The second-order valence-corrected chi connectivity index (χ2v) is 6.32. The number of rotatable bonds is 3. The van der Waals surface area contributed by atoms with E-state index in [2.05, 4.69) is 17.3 Å². The highest BCUT2D eigenvalue weighted by atomic mass is 35.5. The van der Waals surface area contributed by atoms with Crippen LogP contribution in [0.3, 0.4) is 0 Å². The van der Waals surface area contributed by atoms with Crippen molar-refractivity contribution in [3.05, 3.63) is 34.9 Å². The average molecular weight is 309 g/mol. The number of carbonyl (C=O) groups excluding carboxylic acids is 1. The summed E-state index contributed by atoms with van der Waals surface area (Å²) in [6.07, 6.45) is 2.51. The SMILES string of the molecule is CN1CC[C@H](NC(=O)[C@@H]2CCCO2)[C@H]1c1ccc(Cl)cc1. The van der Waals surface area contributed by atoms with Gasteiger partial charge in [-0.2, -0.15) is 0 Å². The van der Waals surface area contributed by atoms with Crippen molar-refractivity contribution in [2.45, 2.75) is 37.5 Å². The van der Waals surface area contributed by atoms with Crippen LogP contribution in [-0.4, -0.2) is 43.2 Å². The van der Waals surface area contributed by atoms with E-state index in [9.17, 15) is 4.79 Å². The fourth-order valence-electron chi connectivity index (χ4n) is 3.30. The number of halogens is 1. The van der Waals surface area contributed by atoms with Crippen molar-refractivity contribution in [2.75, 3.05) is 20.2 Å². The molecule has 1 aromatic carbocycles. The monoisotopic (exact) mass is 308 g/mol. The minimum absolute atomic E-state index is 0.0340. The summed E-state index contributed by atoms with van der Waals surface area (Å²) in [5.41, 5.74) is 1.19. The van der Waals surface area contributed by atoms with Crippen LogP contribution in [0.1, 0.15) is 30.9 Å². The van der Waals surface area contributed by atoms with E-state index >= 15 is 0 Å². The molecule has 0 radical (unpaired) electrons. The van der Waals surface area contributed by atoms with Crippen LogP contribution < -0.4 is 5.32 Å². The molecule has 3 atom stereocenters. The third-order valence-corrected chi connectivity index (χ3v) is 4.66. The number of nitrogens with one attached hydrogen (secondary N) is 1. The number of hydrogen-bond acceptors (Lipinski definition) is 3. The molecule has 1 amide bonds. The summed E-state index contributed by atoms with van der Waals surface area (Å²) >= 11 is 5.96. The Kier molecular flexibility index (Phi) is 4.48. The van der Waals surface area contributed by atoms with Crippen molar-refractivity contribution in [1.82, 2.24) is 10.2 Å². The van der Waals surface area contributed by atoms with E-state index in [4.69, 9.17) is 16.3 Å². The first kappa shape index (κ1) is 14.8. The van der Waals surface area contributed by atoms with Crippen molar-refractivity contribution in [3.8, 4) is 0 Å². The van der Waals surface area contributed by atoms with Gasteiger partial charge in [-0.1, -0.05) is 23.7 Å². The highest BCUT2D eigenvalue weighted by Crippen LogP contribution is 2.31. The molecule has 2 aliphatic heterocycles. The van der Waals surface area contributed by atoms with Gasteiger partial charge in [-0.25, -0.2) is 0 Å². The first-order valence-corrected chi connectivity index (χ1v) is 7.90. The molecule has 4 nitrogen and oxygen atoms in total. The zero-order valence-electron chi connectivity index (χ0n) is 12.2. The predicted octanol–water partition coefficient (Wildman–Crippen LogP) is 2.38. The van der Waals surface area contributed by atoms with Gasteiger partial charge < -0.3 is 10.1 Å². The number of likely N-dealkylation sites (N-methyl/N-ethyl adjacent to an activating group) is 1. The molecule has 5 heteroatoms. The number of hydrogen-bond donors (Lipinski definition) is 1. The van der Waals surface area contributed by atoms with E-state index in [-0.39, 0.29) is 24.1 Å². The molecule has 0 spiro atoms. The minimum atomic E-state index is -0.262. The van der Waals surface area contributed by atoms with E-state index in [0.29, 0.717) is 6.61 Å². The Hall–Kier alpha value is -1.10. The zero-order valence-corrected chi connectivity index (χ0v) is 13.0. The molecule has 2 aliphatic rings. The molecule has 0 saturated carbocycles. The standard InChI is InChI=1S/C16H21ClN2O2/c1-19-9-8-13(18-16(20)14-3-2-10-21-14)15(19)11-4-6-12(17)7-5-11/h4-7,13-15H,2-3,8-10H2,1H3,(H,18,20)/t13-,14-,15+/m0/s1. The lowest BCUT2D eigenvalue weighted by Crippen LogP contribution is -2.43. The molecule has 0 aromatic heterocycles. The summed E-state index contributed by atoms with van der Waals surface area (Å²) in [5, 5.41) is 3.91. The maximum atomic E-state index is 12.3. The van der Waals surface area contributed by atoms with Gasteiger partial charge in [0, 0.05) is 24.2 Å². The van der Waals surface area contributed by atoms with E-state index in [0.717, 1.165) is 30.8 Å². The van der Waals surface area contributed by atoms with Crippen molar-refractivity contribution in [3.63, 3.8) is 0 Å². The van der Waals surface area contributed by atoms with Gasteiger partial charge in [0.15, 0.2) is 0 Å². The number of benzene rings is 1. The molecular weight excluding hydrogens is 288 g/mol. The molecule has 0 unspecified atom stereocenters. The Labute approximate surface area is 130 Å². The predicted molar refractivity (Wildman–Crippen MR) is 82.3 cm³/mol. The van der Waals surface area contributed by atoms with Gasteiger partial charge in [0.2, 0.25) is 5.91 Å². The van der Waals surface area contributed by atoms with E-state index in [1.807, 2.05) is 24.3 Å². The molecule has 2 heterocycles. The Morgan fingerprint density at radius 3 is 2.76 bits per heavy atom. The van der Waals surface area contributed by atoms with Crippen molar-refractivity contribution >= 4 is 17.5 Å². The molecule has 0 aliphatic carbocycles. The maximum absolute atomic E-state index is 12.3. The van der Waals surface area contributed by atoms with Gasteiger partial charge in [-0.15, -0.1) is 0 Å². The summed E-state index contributed by atoms with van der Waals surface area (Å²) in [6.45, 7) is 1.67. The Morgan fingerprint density at radius 1 is 1.33 bits per heavy atom. The van der Waals surface area contributed by atoms with E-state index in [1.54, 1.807) is 0 Å². The zero-order chi connectivity index (χ0) is 14.8. The topological polar surface area (TPSA) is 41.6 Å². The van der Waals surface area contributed by atoms with Crippen LogP contribution in [0.2, 0.25) is 5.02 Å². The van der Waals surface area contributed by atoms with Crippen LogP contribution in [-0.2, 0) is 9.53 Å². The first-order chi connectivity index (χ1) is 10.1. The fraction of sp³-hybridized carbons (Fsp3) is 0.562. The van der Waals surface area contributed by atoms with Gasteiger partial charge in [0.05, 0.1) is 6.04 Å².